The second-order valence-electron chi connectivity index (χ2n) is 10.4. The van der Waals surface area contributed by atoms with Gasteiger partial charge in [0.25, 0.3) is 11.7 Å². The number of ketones is 1. The first-order chi connectivity index (χ1) is 20.2. The number of aliphatic hydroxyl groups is 1. The van der Waals surface area contributed by atoms with Crippen LogP contribution in [0.1, 0.15) is 34.7 Å². The highest BCUT2D eigenvalue weighted by atomic mass is 16.5. The van der Waals surface area contributed by atoms with Gasteiger partial charge in [0, 0.05) is 12.1 Å². The molecule has 0 spiro atoms. The molecule has 1 atom stereocenters. The van der Waals surface area contributed by atoms with Crippen molar-refractivity contribution < 1.29 is 33.6 Å². The molecular formula is C33H38N2O7. The van der Waals surface area contributed by atoms with Crippen LogP contribution >= 0.6 is 0 Å². The van der Waals surface area contributed by atoms with E-state index in [1.165, 1.54) is 26.2 Å². The Hall–Kier alpha value is -4.50. The zero-order chi connectivity index (χ0) is 30.4. The second-order valence-corrected chi connectivity index (χ2v) is 10.4. The van der Waals surface area contributed by atoms with E-state index < -0.39 is 17.7 Å². The van der Waals surface area contributed by atoms with Crippen molar-refractivity contribution in [3.63, 3.8) is 0 Å². The zero-order valence-corrected chi connectivity index (χ0v) is 25.0. The molecule has 0 bridgehead atoms. The number of hydrogen-bond acceptors (Lipinski definition) is 8. The maximum Gasteiger partial charge on any atom is 0.295 e. The number of amides is 1. The number of rotatable bonds is 12. The molecule has 3 aromatic carbocycles. The summed E-state index contributed by atoms with van der Waals surface area (Å²) in [6.45, 7) is 3.29. The number of ether oxygens (including phenoxy) is 4. The minimum atomic E-state index is -0.866. The summed E-state index contributed by atoms with van der Waals surface area (Å²) < 4.78 is 22.6. The summed E-state index contributed by atoms with van der Waals surface area (Å²) in [4.78, 5) is 30.4. The van der Waals surface area contributed by atoms with Crippen LogP contribution in [-0.2, 0) is 16.2 Å². The summed E-state index contributed by atoms with van der Waals surface area (Å²) in [5.41, 5.74) is 2.76. The number of carbonyl (C=O) groups is 2. The van der Waals surface area contributed by atoms with Gasteiger partial charge in [-0.2, -0.15) is 0 Å². The smallest absolute Gasteiger partial charge is 0.295 e. The van der Waals surface area contributed by atoms with E-state index in [-0.39, 0.29) is 11.3 Å². The fourth-order valence-corrected chi connectivity index (χ4v) is 5.12. The molecule has 42 heavy (non-hydrogen) atoms. The first-order valence-corrected chi connectivity index (χ1v) is 13.7. The molecule has 222 valence electrons. The molecule has 9 heteroatoms. The van der Waals surface area contributed by atoms with E-state index in [1.807, 2.05) is 56.3 Å². The average molecular weight is 575 g/mol. The summed E-state index contributed by atoms with van der Waals surface area (Å²) in [6.07, 6.45) is 0.632. The predicted octanol–water partition coefficient (Wildman–Crippen LogP) is 4.97. The number of likely N-dealkylation sites (tertiary alicyclic amines) is 1. The zero-order valence-electron chi connectivity index (χ0n) is 25.0. The molecule has 1 heterocycles. The third-order valence-corrected chi connectivity index (χ3v) is 7.23. The number of Topliss-reactive ketones (excluding diaryl/α,β-unsaturated/α-hetero) is 1. The predicted molar refractivity (Wildman–Crippen MR) is 160 cm³/mol. The normalized spacial score (nSPS) is 16.2. The van der Waals surface area contributed by atoms with E-state index in [4.69, 9.17) is 18.9 Å². The lowest BCUT2D eigenvalue weighted by Crippen LogP contribution is -2.32. The molecule has 4 rings (SSSR count). The highest BCUT2D eigenvalue weighted by molar-refractivity contribution is 6.46. The van der Waals surface area contributed by atoms with Gasteiger partial charge in [-0.1, -0.05) is 30.3 Å². The van der Waals surface area contributed by atoms with Crippen molar-refractivity contribution in [1.82, 2.24) is 9.80 Å². The standard InChI is InChI=1S/C33H38N2O7/c1-21-17-23(13-14-25(21)42-20-22-11-8-7-9-12-22)30(36)28-29(35(33(38)31(28)37)16-10-15-34(2)3)24-18-26(39-4)32(41-6)27(19-24)40-5/h7-9,11-14,17-19,29,36H,10,15-16,20H2,1-6H3/b30-28+/t29-/m1/s1. The van der Waals surface area contributed by atoms with E-state index in [2.05, 4.69) is 0 Å². The van der Waals surface area contributed by atoms with Crippen LogP contribution < -0.4 is 18.9 Å². The van der Waals surface area contributed by atoms with Crippen LogP contribution in [0.3, 0.4) is 0 Å². The molecule has 0 radical (unpaired) electrons. The van der Waals surface area contributed by atoms with E-state index in [9.17, 15) is 14.7 Å². The summed E-state index contributed by atoms with van der Waals surface area (Å²) in [5, 5.41) is 11.6. The lowest BCUT2D eigenvalue weighted by Gasteiger charge is -2.27. The van der Waals surface area contributed by atoms with Gasteiger partial charge in [0.1, 0.15) is 18.1 Å². The molecule has 0 saturated carbocycles. The number of methoxy groups -OCH3 is 3. The summed E-state index contributed by atoms with van der Waals surface area (Å²) in [7, 11) is 8.39. The van der Waals surface area contributed by atoms with Gasteiger partial charge in [0.15, 0.2) is 11.5 Å². The molecule has 1 N–H and O–H groups in total. The van der Waals surface area contributed by atoms with Crippen LogP contribution in [0.5, 0.6) is 23.0 Å². The first-order valence-electron chi connectivity index (χ1n) is 13.7. The van der Waals surface area contributed by atoms with Gasteiger partial charge in [-0.15, -0.1) is 0 Å². The van der Waals surface area contributed by atoms with Crippen molar-refractivity contribution in [3.8, 4) is 23.0 Å². The molecule has 3 aromatic rings. The summed E-state index contributed by atoms with van der Waals surface area (Å²) in [5.74, 6) is 0.102. The fraction of sp³-hybridized carbons (Fsp3) is 0.333. The number of nitrogens with zero attached hydrogens (tertiary/aromatic N) is 2. The van der Waals surface area contributed by atoms with Gasteiger partial charge < -0.3 is 33.9 Å². The third-order valence-electron chi connectivity index (χ3n) is 7.23. The Morgan fingerprint density at radius 2 is 1.57 bits per heavy atom. The maximum atomic E-state index is 13.5. The number of carbonyl (C=O) groups excluding carboxylic acids is 2. The molecule has 1 saturated heterocycles. The van der Waals surface area contributed by atoms with Crippen LogP contribution in [0, 0.1) is 6.92 Å². The lowest BCUT2D eigenvalue weighted by atomic mass is 9.94. The molecule has 0 aliphatic carbocycles. The van der Waals surface area contributed by atoms with Crippen molar-refractivity contribution >= 4 is 17.4 Å². The van der Waals surface area contributed by atoms with E-state index in [1.54, 1.807) is 30.3 Å². The van der Waals surface area contributed by atoms with Crippen molar-refractivity contribution in [2.75, 3.05) is 48.5 Å². The maximum absolute atomic E-state index is 13.5. The molecule has 0 unspecified atom stereocenters. The average Bonchev–Trinajstić information content (AvgIpc) is 3.24. The topological polar surface area (TPSA) is 97.8 Å². The highest BCUT2D eigenvalue weighted by Gasteiger charge is 2.46. The molecule has 0 aromatic heterocycles. The molecule has 1 aliphatic heterocycles. The van der Waals surface area contributed by atoms with Gasteiger partial charge in [-0.05, 0) is 81.0 Å². The molecule has 1 fully saturated rings. The molecule has 9 nitrogen and oxygen atoms in total. The first kappa shape index (κ1) is 30.5. The van der Waals surface area contributed by atoms with Crippen molar-refractivity contribution in [2.24, 2.45) is 0 Å². The van der Waals surface area contributed by atoms with Crippen LogP contribution in [0.2, 0.25) is 0 Å². The van der Waals surface area contributed by atoms with Gasteiger partial charge in [-0.3, -0.25) is 9.59 Å². The highest BCUT2D eigenvalue weighted by Crippen LogP contribution is 2.46. The number of aliphatic hydroxyl groups excluding tert-OH is 1. The molecule has 1 aliphatic rings. The number of benzene rings is 3. The minimum absolute atomic E-state index is 0.00326. The quantitative estimate of drug-likeness (QED) is 0.184. The van der Waals surface area contributed by atoms with E-state index >= 15 is 0 Å². The Bertz CT molecular complexity index is 1440. The van der Waals surface area contributed by atoms with Gasteiger partial charge in [0.05, 0.1) is 32.9 Å². The van der Waals surface area contributed by atoms with Gasteiger partial charge in [-0.25, -0.2) is 0 Å². The van der Waals surface area contributed by atoms with E-state index in [0.29, 0.717) is 60.2 Å². The monoisotopic (exact) mass is 574 g/mol. The second kappa shape index (κ2) is 13.4. The number of hydrogen-bond donors (Lipinski definition) is 1. The summed E-state index contributed by atoms with van der Waals surface area (Å²) >= 11 is 0. The Morgan fingerprint density at radius 3 is 2.14 bits per heavy atom. The van der Waals surface area contributed by atoms with Crippen LogP contribution in [0.15, 0.2) is 66.2 Å². The largest absolute Gasteiger partial charge is 0.507 e. The van der Waals surface area contributed by atoms with Crippen LogP contribution in [0.4, 0.5) is 0 Å². The minimum Gasteiger partial charge on any atom is -0.507 e. The SMILES string of the molecule is COc1cc([C@@H]2/C(=C(\O)c3ccc(OCc4ccccc4)c(C)c3)C(=O)C(=O)N2CCCN(C)C)cc(OC)c1OC. The van der Waals surface area contributed by atoms with E-state index in [0.717, 1.165) is 11.1 Å². The Morgan fingerprint density at radius 1 is 0.905 bits per heavy atom. The Labute approximate surface area is 246 Å². The van der Waals surface area contributed by atoms with Gasteiger partial charge in [0.2, 0.25) is 5.75 Å². The van der Waals surface area contributed by atoms with Crippen molar-refractivity contribution in [1.29, 1.82) is 0 Å². The van der Waals surface area contributed by atoms with Gasteiger partial charge >= 0.3 is 0 Å². The van der Waals surface area contributed by atoms with Crippen LogP contribution in [0.25, 0.3) is 5.76 Å². The fourth-order valence-electron chi connectivity index (χ4n) is 5.12. The Balaban J connectivity index is 1.77. The third kappa shape index (κ3) is 6.36. The lowest BCUT2D eigenvalue weighted by molar-refractivity contribution is -0.139. The van der Waals surface area contributed by atoms with Crippen molar-refractivity contribution in [3.05, 3.63) is 88.5 Å². The summed E-state index contributed by atoms with van der Waals surface area (Å²) in [6, 6.07) is 17.6. The molecular weight excluding hydrogens is 536 g/mol. The van der Waals surface area contributed by atoms with Crippen molar-refractivity contribution in [2.45, 2.75) is 26.0 Å². The molecule has 1 amide bonds. The number of aryl methyl sites for hydroxylation is 1. The Kier molecular flexibility index (Phi) is 9.75. The van der Waals surface area contributed by atoms with Crippen LogP contribution in [-0.4, -0.2) is 75.1 Å².